The van der Waals surface area contributed by atoms with E-state index in [-0.39, 0.29) is 5.11 Å². The number of benzene rings is 1. The van der Waals surface area contributed by atoms with Gasteiger partial charge in [-0.1, -0.05) is 0 Å². The van der Waals surface area contributed by atoms with Crippen LogP contribution in [0.1, 0.15) is 10.4 Å². The van der Waals surface area contributed by atoms with Crippen molar-refractivity contribution in [2.24, 2.45) is 5.73 Å². The van der Waals surface area contributed by atoms with Gasteiger partial charge < -0.3 is 20.5 Å². The fraction of sp³-hybridized carbons (Fsp3) is 0.200. The molecule has 0 aliphatic heterocycles. The fourth-order valence-corrected chi connectivity index (χ4v) is 1.32. The predicted molar refractivity (Wildman–Crippen MR) is 64.7 cm³/mol. The molecule has 0 fully saturated rings. The Labute approximate surface area is 98.5 Å². The lowest BCUT2D eigenvalue weighted by molar-refractivity contribution is 0.0597. The van der Waals surface area contributed by atoms with Crippen molar-refractivity contribution in [3.63, 3.8) is 0 Å². The van der Waals surface area contributed by atoms with Crippen LogP contribution in [0.15, 0.2) is 18.2 Å². The molecule has 0 radical (unpaired) electrons. The summed E-state index contributed by atoms with van der Waals surface area (Å²) < 4.78 is 9.66. The summed E-state index contributed by atoms with van der Waals surface area (Å²) >= 11 is 4.70. The molecule has 0 saturated carbocycles. The third kappa shape index (κ3) is 2.83. The Morgan fingerprint density at radius 1 is 1.44 bits per heavy atom. The lowest BCUT2D eigenvalue weighted by atomic mass is 10.2. The Hall–Kier alpha value is -1.82. The van der Waals surface area contributed by atoms with E-state index in [1.807, 2.05) is 0 Å². The SMILES string of the molecule is COC(=O)c1cc(NC(N)=S)ccc1OC. The molecular weight excluding hydrogens is 228 g/mol. The van der Waals surface area contributed by atoms with Crippen molar-refractivity contribution in [3.05, 3.63) is 23.8 Å². The first-order chi connectivity index (χ1) is 7.58. The number of rotatable bonds is 3. The minimum absolute atomic E-state index is 0.126. The Morgan fingerprint density at radius 2 is 2.12 bits per heavy atom. The van der Waals surface area contributed by atoms with Gasteiger partial charge in [0.05, 0.1) is 14.2 Å². The van der Waals surface area contributed by atoms with Gasteiger partial charge in [-0.15, -0.1) is 0 Å². The highest BCUT2D eigenvalue weighted by atomic mass is 32.1. The Balaban J connectivity index is 3.10. The van der Waals surface area contributed by atoms with E-state index in [1.54, 1.807) is 18.2 Å². The third-order valence-electron chi connectivity index (χ3n) is 1.87. The number of methoxy groups -OCH3 is 2. The molecule has 0 atom stereocenters. The van der Waals surface area contributed by atoms with Crippen LogP contribution in [0.5, 0.6) is 5.75 Å². The van der Waals surface area contributed by atoms with E-state index in [1.165, 1.54) is 14.2 Å². The first-order valence-corrected chi connectivity index (χ1v) is 4.82. The van der Waals surface area contributed by atoms with E-state index < -0.39 is 5.97 Å². The monoisotopic (exact) mass is 240 g/mol. The number of thiocarbonyl (C=S) groups is 1. The summed E-state index contributed by atoms with van der Waals surface area (Å²) in [5.74, 6) is -0.0521. The molecule has 6 heteroatoms. The summed E-state index contributed by atoms with van der Waals surface area (Å²) in [6.07, 6.45) is 0. The summed E-state index contributed by atoms with van der Waals surface area (Å²) in [7, 11) is 2.78. The largest absolute Gasteiger partial charge is 0.496 e. The zero-order valence-electron chi connectivity index (χ0n) is 8.94. The normalized spacial score (nSPS) is 9.38. The van der Waals surface area contributed by atoms with E-state index in [9.17, 15) is 4.79 Å². The number of anilines is 1. The maximum Gasteiger partial charge on any atom is 0.341 e. The van der Waals surface area contributed by atoms with Crippen LogP contribution in [0.3, 0.4) is 0 Å². The molecule has 0 aliphatic carbocycles. The zero-order valence-corrected chi connectivity index (χ0v) is 9.76. The Kier molecular flexibility index (Phi) is 4.07. The molecule has 3 N–H and O–H groups in total. The molecule has 1 aromatic carbocycles. The first-order valence-electron chi connectivity index (χ1n) is 4.41. The lowest BCUT2D eigenvalue weighted by Gasteiger charge is -2.09. The van der Waals surface area contributed by atoms with Gasteiger partial charge in [0.25, 0.3) is 0 Å². The number of carbonyl (C=O) groups is 1. The van der Waals surface area contributed by atoms with Crippen LogP contribution < -0.4 is 15.8 Å². The summed E-state index contributed by atoms with van der Waals surface area (Å²) in [5, 5.41) is 2.85. The van der Waals surface area contributed by atoms with Crippen LogP contribution in [0.2, 0.25) is 0 Å². The highest BCUT2D eigenvalue weighted by molar-refractivity contribution is 7.80. The number of hydrogen-bond donors (Lipinski definition) is 2. The van der Waals surface area contributed by atoms with Crippen molar-refractivity contribution >= 4 is 29.0 Å². The quantitative estimate of drug-likeness (QED) is 0.609. The molecule has 5 nitrogen and oxygen atoms in total. The standard InChI is InChI=1S/C10H12N2O3S/c1-14-8-4-3-6(12-10(11)16)5-7(8)9(13)15-2/h3-5H,1-2H3,(H3,11,12,16). The number of ether oxygens (including phenoxy) is 2. The molecule has 0 saturated heterocycles. The van der Waals surface area contributed by atoms with Gasteiger partial charge in [-0.2, -0.15) is 0 Å². The topological polar surface area (TPSA) is 73.6 Å². The van der Waals surface area contributed by atoms with E-state index in [2.05, 4.69) is 10.1 Å². The second-order valence-electron chi connectivity index (χ2n) is 2.90. The molecule has 0 amide bonds. The van der Waals surface area contributed by atoms with Crippen LogP contribution >= 0.6 is 12.2 Å². The van der Waals surface area contributed by atoms with Crippen LogP contribution in [0, 0.1) is 0 Å². The number of carbonyl (C=O) groups excluding carboxylic acids is 1. The smallest absolute Gasteiger partial charge is 0.341 e. The van der Waals surface area contributed by atoms with Gasteiger partial charge in [0.2, 0.25) is 0 Å². The van der Waals surface area contributed by atoms with Gasteiger partial charge in [-0.3, -0.25) is 0 Å². The van der Waals surface area contributed by atoms with Crippen LogP contribution in [-0.2, 0) is 4.74 Å². The number of hydrogen-bond acceptors (Lipinski definition) is 4. The van der Waals surface area contributed by atoms with Crippen molar-refractivity contribution in [1.29, 1.82) is 0 Å². The molecule has 0 aromatic heterocycles. The maximum atomic E-state index is 11.4. The Bertz CT molecular complexity index is 421. The molecule has 1 aromatic rings. The second-order valence-corrected chi connectivity index (χ2v) is 3.34. The van der Waals surface area contributed by atoms with Gasteiger partial charge >= 0.3 is 5.97 Å². The maximum absolute atomic E-state index is 11.4. The van der Waals surface area contributed by atoms with Crippen molar-refractivity contribution in [2.75, 3.05) is 19.5 Å². The highest BCUT2D eigenvalue weighted by Crippen LogP contribution is 2.23. The summed E-state index contributed by atoms with van der Waals surface area (Å²) in [4.78, 5) is 11.4. The van der Waals surface area contributed by atoms with Gasteiger partial charge in [0, 0.05) is 5.69 Å². The van der Waals surface area contributed by atoms with Gasteiger partial charge in [0.15, 0.2) is 5.11 Å². The van der Waals surface area contributed by atoms with Crippen molar-refractivity contribution in [2.45, 2.75) is 0 Å². The lowest BCUT2D eigenvalue weighted by Crippen LogP contribution is -2.19. The second kappa shape index (κ2) is 5.32. The van der Waals surface area contributed by atoms with Crippen molar-refractivity contribution < 1.29 is 14.3 Å². The molecule has 1 rings (SSSR count). The van der Waals surface area contributed by atoms with Crippen LogP contribution in [0.25, 0.3) is 0 Å². The predicted octanol–water partition coefficient (Wildman–Crippen LogP) is 1.14. The first kappa shape index (κ1) is 12.3. The van der Waals surface area contributed by atoms with Crippen molar-refractivity contribution in [1.82, 2.24) is 0 Å². The van der Waals surface area contributed by atoms with E-state index in [4.69, 9.17) is 22.7 Å². The molecule has 0 bridgehead atoms. The number of esters is 1. The van der Waals surface area contributed by atoms with Gasteiger partial charge in [-0.05, 0) is 30.4 Å². The average molecular weight is 240 g/mol. The third-order valence-corrected chi connectivity index (χ3v) is 1.97. The number of nitrogens with two attached hydrogens (primary N) is 1. The molecule has 0 spiro atoms. The van der Waals surface area contributed by atoms with Crippen LogP contribution in [0.4, 0.5) is 5.69 Å². The van der Waals surface area contributed by atoms with Crippen molar-refractivity contribution in [3.8, 4) is 5.75 Å². The minimum Gasteiger partial charge on any atom is -0.496 e. The summed E-state index contributed by atoms with van der Waals surface area (Å²) in [5.41, 5.74) is 6.24. The average Bonchev–Trinajstić information content (AvgIpc) is 2.27. The Morgan fingerprint density at radius 3 is 2.62 bits per heavy atom. The van der Waals surface area contributed by atoms with Crippen LogP contribution in [-0.4, -0.2) is 25.3 Å². The molecule has 0 aliphatic rings. The molecule has 0 unspecified atom stereocenters. The van der Waals surface area contributed by atoms with E-state index in [0.717, 1.165) is 0 Å². The fourth-order valence-electron chi connectivity index (χ4n) is 1.20. The summed E-state index contributed by atoms with van der Waals surface area (Å²) in [6, 6.07) is 4.89. The van der Waals surface area contributed by atoms with E-state index >= 15 is 0 Å². The molecule has 0 heterocycles. The highest BCUT2D eigenvalue weighted by Gasteiger charge is 2.13. The molecule has 86 valence electrons. The van der Waals surface area contributed by atoms with E-state index in [0.29, 0.717) is 17.0 Å². The number of nitrogens with one attached hydrogen (secondary N) is 1. The molecular formula is C10H12N2O3S. The van der Waals surface area contributed by atoms with Gasteiger partial charge in [-0.25, -0.2) is 4.79 Å². The zero-order chi connectivity index (χ0) is 12.1. The molecule has 16 heavy (non-hydrogen) atoms. The summed E-state index contributed by atoms with van der Waals surface area (Å²) in [6.45, 7) is 0. The minimum atomic E-state index is -0.483. The van der Waals surface area contributed by atoms with Gasteiger partial charge in [0.1, 0.15) is 11.3 Å².